The van der Waals surface area contributed by atoms with Gasteiger partial charge in [-0.2, -0.15) is 0 Å². The van der Waals surface area contributed by atoms with E-state index in [1.165, 1.54) is 12.1 Å². The molecule has 0 saturated carbocycles. The Balaban J connectivity index is 2.31. The second-order valence-electron chi connectivity index (χ2n) is 4.55. The molecular formula is C15H16FNOS. The second kappa shape index (κ2) is 5.53. The van der Waals surface area contributed by atoms with E-state index in [0.29, 0.717) is 10.6 Å². The van der Waals surface area contributed by atoms with Crippen LogP contribution in [0.1, 0.15) is 16.7 Å². The van der Waals surface area contributed by atoms with Gasteiger partial charge in [-0.25, -0.2) is 4.39 Å². The highest BCUT2D eigenvalue weighted by Gasteiger charge is 2.12. The lowest BCUT2D eigenvalue weighted by atomic mass is 10.1. The third-order valence-electron chi connectivity index (χ3n) is 3.13. The molecular weight excluding hydrogens is 261 g/mol. The van der Waals surface area contributed by atoms with E-state index in [4.69, 9.17) is 5.73 Å². The van der Waals surface area contributed by atoms with Gasteiger partial charge in [-0.05, 0) is 48.7 Å². The van der Waals surface area contributed by atoms with E-state index in [1.54, 1.807) is 12.1 Å². The van der Waals surface area contributed by atoms with Crippen LogP contribution in [0.4, 0.5) is 10.1 Å². The smallest absolute Gasteiger partial charge is 0.123 e. The Labute approximate surface area is 114 Å². The van der Waals surface area contributed by atoms with Crippen molar-refractivity contribution in [3.8, 4) is 0 Å². The SMILES string of the molecule is Cc1ccc(F)cc1CS(=O)c1cccc(C)c1N. The van der Waals surface area contributed by atoms with Crippen molar-refractivity contribution < 1.29 is 8.60 Å². The molecule has 0 spiro atoms. The Bertz CT molecular complexity index is 640. The summed E-state index contributed by atoms with van der Waals surface area (Å²) < 4.78 is 25.6. The van der Waals surface area contributed by atoms with Gasteiger partial charge in [0.05, 0.1) is 27.1 Å². The molecule has 100 valence electrons. The summed E-state index contributed by atoms with van der Waals surface area (Å²) in [6, 6.07) is 10.00. The van der Waals surface area contributed by atoms with Crippen LogP contribution in [-0.4, -0.2) is 4.21 Å². The lowest BCUT2D eigenvalue weighted by molar-refractivity contribution is 0.625. The van der Waals surface area contributed by atoms with Crippen molar-refractivity contribution in [2.75, 3.05) is 5.73 Å². The quantitative estimate of drug-likeness (QED) is 0.874. The molecule has 0 radical (unpaired) electrons. The van der Waals surface area contributed by atoms with Crippen molar-refractivity contribution in [3.05, 3.63) is 58.9 Å². The molecule has 0 amide bonds. The van der Waals surface area contributed by atoms with E-state index in [9.17, 15) is 8.60 Å². The monoisotopic (exact) mass is 277 g/mol. The molecule has 0 saturated heterocycles. The highest BCUT2D eigenvalue weighted by atomic mass is 32.2. The van der Waals surface area contributed by atoms with E-state index < -0.39 is 10.8 Å². The summed E-state index contributed by atoms with van der Waals surface area (Å²) in [6.45, 7) is 3.76. The minimum atomic E-state index is -1.27. The van der Waals surface area contributed by atoms with Gasteiger partial charge in [-0.3, -0.25) is 4.21 Å². The predicted octanol–water partition coefficient (Wildman–Crippen LogP) is 3.33. The van der Waals surface area contributed by atoms with Crippen molar-refractivity contribution in [1.82, 2.24) is 0 Å². The number of nitrogens with two attached hydrogens (primary N) is 1. The van der Waals surface area contributed by atoms with Crippen molar-refractivity contribution in [3.63, 3.8) is 0 Å². The fourth-order valence-corrected chi connectivity index (χ4v) is 3.25. The van der Waals surface area contributed by atoms with Crippen LogP contribution in [0.15, 0.2) is 41.3 Å². The molecule has 1 atom stereocenters. The standard InChI is InChI=1S/C15H16FNOS/c1-10-6-7-13(16)8-12(10)9-19(18)14-5-3-4-11(2)15(14)17/h3-8H,9,17H2,1-2H3. The molecule has 2 aromatic carbocycles. The minimum Gasteiger partial charge on any atom is -0.398 e. The van der Waals surface area contributed by atoms with Gasteiger partial charge >= 0.3 is 0 Å². The fourth-order valence-electron chi connectivity index (χ4n) is 1.87. The first-order valence-electron chi connectivity index (χ1n) is 5.97. The summed E-state index contributed by atoms with van der Waals surface area (Å²) >= 11 is 0. The molecule has 2 nitrogen and oxygen atoms in total. The third kappa shape index (κ3) is 3.01. The summed E-state index contributed by atoms with van der Waals surface area (Å²) in [5.41, 5.74) is 9.07. The molecule has 4 heteroatoms. The molecule has 0 aliphatic rings. The zero-order valence-electron chi connectivity index (χ0n) is 10.9. The Kier molecular flexibility index (Phi) is 4.00. The first-order valence-corrected chi connectivity index (χ1v) is 7.29. The largest absolute Gasteiger partial charge is 0.398 e. The maximum Gasteiger partial charge on any atom is 0.123 e. The predicted molar refractivity (Wildman–Crippen MR) is 76.8 cm³/mol. The number of hydrogen-bond acceptors (Lipinski definition) is 2. The van der Waals surface area contributed by atoms with Gasteiger partial charge in [0.25, 0.3) is 0 Å². The molecule has 0 aliphatic heterocycles. The van der Waals surface area contributed by atoms with Gasteiger partial charge in [-0.15, -0.1) is 0 Å². The molecule has 0 bridgehead atoms. The topological polar surface area (TPSA) is 43.1 Å². The van der Waals surface area contributed by atoms with Crippen molar-refractivity contribution in [1.29, 1.82) is 0 Å². The van der Waals surface area contributed by atoms with Crippen LogP contribution < -0.4 is 5.73 Å². The molecule has 1 unspecified atom stereocenters. The molecule has 0 fully saturated rings. The summed E-state index contributed by atoms with van der Waals surface area (Å²) in [4.78, 5) is 0.615. The van der Waals surface area contributed by atoms with Gasteiger partial charge in [-0.1, -0.05) is 18.2 Å². The average Bonchev–Trinajstić information content (AvgIpc) is 2.37. The molecule has 19 heavy (non-hydrogen) atoms. The van der Waals surface area contributed by atoms with Crippen LogP contribution in [0.2, 0.25) is 0 Å². The second-order valence-corrected chi connectivity index (χ2v) is 5.97. The maximum atomic E-state index is 13.2. The Morgan fingerprint density at radius 2 is 1.89 bits per heavy atom. The molecule has 0 aliphatic carbocycles. The zero-order chi connectivity index (χ0) is 14.0. The molecule has 2 N–H and O–H groups in total. The number of aryl methyl sites for hydroxylation is 2. The fraction of sp³-hybridized carbons (Fsp3) is 0.200. The van der Waals surface area contributed by atoms with Crippen LogP contribution in [0.5, 0.6) is 0 Å². The van der Waals surface area contributed by atoms with Gasteiger partial charge in [0.1, 0.15) is 5.82 Å². The summed E-state index contributed by atoms with van der Waals surface area (Å²) in [6.07, 6.45) is 0. The van der Waals surface area contributed by atoms with E-state index in [1.807, 2.05) is 26.0 Å². The van der Waals surface area contributed by atoms with Crippen LogP contribution in [-0.2, 0) is 16.6 Å². The van der Waals surface area contributed by atoms with Crippen molar-refractivity contribution in [2.24, 2.45) is 0 Å². The van der Waals surface area contributed by atoms with Crippen LogP contribution in [0.3, 0.4) is 0 Å². The van der Waals surface area contributed by atoms with Crippen LogP contribution in [0.25, 0.3) is 0 Å². The lowest BCUT2D eigenvalue weighted by Crippen LogP contribution is -2.03. The van der Waals surface area contributed by atoms with Gasteiger partial charge in [0, 0.05) is 0 Å². The highest BCUT2D eigenvalue weighted by molar-refractivity contribution is 7.84. The number of rotatable bonds is 3. The number of benzene rings is 2. The molecule has 2 aromatic rings. The van der Waals surface area contributed by atoms with Crippen molar-refractivity contribution >= 4 is 16.5 Å². The Hall–Kier alpha value is -1.68. The lowest BCUT2D eigenvalue weighted by Gasteiger charge is -2.10. The Morgan fingerprint density at radius 3 is 2.63 bits per heavy atom. The van der Waals surface area contributed by atoms with Crippen molar-refractivity contribution in [2.45, 2.75) is 24.5 Å². The first kappa shape index (κ1) is 13.7. The van der Waals surface area contributed by atoms with Crippen LogP contribution >= 0.6 is 0 Å². The van der Waals surface area contributed by atoms with Gasteiger partial charge in [0.2, 0.25) is 0 Å². The number of nitrogen functional groups attached to an aromatic ring is 1. The normalized spacial score (nSPS) is 12.4. The molecule has 2 rings (SSSR count). The molecule has 0 aromatic heterocycles. The summed E-state index contributed by atoms with van der Waals surface area (Å²) in [7, 11) is -1.27. The third-order valence-corrected chi connectivity index (χ3v) is 4.55. The van der Waals surface area contributed by atoms with Crippen LogP contribution in [0, 0.1) is 19.7 Å². The Morgan fingerprint density at radius 1 is 1.16 bits per heavy atom. The van der Waals surface area contributed by atoms with E-state index >= 15 is 0 Å². The summed E-state index contributed by atoms with van der Waals surface area (Å²) in [5, 5.41) is 0. The van der Waals surface area contributed by atoms with E-state index in [0.717, 1.165) is 16.7 Å². The number of halogens is 1. The van der Waals surface area contributed by atoms with E-state index in [2.05, 4.69) is 0 Å². The van der Waals surface area contributed by atoms with E-state index in [-0.39, 0.29) is 11.6 Å². The number of para-hydroxylation sites is 1. The summed E-state index contributed by atoms with van der Waals surface area (Å²) in [5.74, 6) is -0.0353. The van der Waals surface area contributed by atoms with Gasteiger partial charge in [0.15, 0.2) is 0 Å². The highest BCUT2D eigenvalue weighted by Crippen LogP contribution is 2.23. The average molecular weight is 277 g/mol. The van der Waals surface area contributed by atoms with Gasteiger partial charge < -0.3 is 5.73 Å². The maximum absolute atomic E-state index is 13.2. The molecule has 0 heterocycles. The zero-order valence-corrected chi connectivity index (χ0v) is 11.8. The minimum absolute atomic E-state index is 0.275. The first-order chi connectivity index (χ1) is 8.99. The number of hydrogen-bond donors (Lipinski definition) is 1. The number of anilines is 1.